The van der Waals surface area contributed by atoms with Crippen molar-refractivity contribution in [1.82, 2.24) is 15.1 Å². The van der Waals surface area contributed by atoms with E-state index in [0.717, 1.165) is 41.0 Å². The van der Waals surface area contributed by atoms with Gasteiger partial charge in [0.25, 0.3) is 5.91 Å². The maximum atomic E-state index is 13.3. The summed E-state index contributed by atoms with van der Waals surface area (Å²) in [5.41, 5.74) is 4.17. The summed E-state index contributed by atoms with van der Waals surface area (Å²) in [6, 6.07) is 12.8. The molecule has 4 fully saturated rings. The van der Waals surface area contributed by atoms with E-state index in [0.29, 0.717) is 38.4 Å². The van der Waals surface area contributed by atoms with E-state index in [2.05, 4.69) is 5.32 Å². The van der Waals surface area contributed by atoms with Gasteiger partial charge in [0.15, 0.2) is 5.69 Å². The largest absolute Gasteiger partial charge is 0.351 e. The summed E-state index contributed by atoms with van der Waals surface area (Å²) < 4.78 is 1.74. The van der Waals surface area contributed by atoms with Crippen molar-refractivity contribution >= 4 is 40.7 Å². The lowest BCUT2D eigenvalue weighted by Gasteiger charge is -2.57. The summed E-state index contributed by atoms with van der Waals surface area (Å²) in [6.07, 6.45) is 12.3. The molecule has 4 nitrogen and oxygen atoms in total. The van der Waals surface area contributed by atoms with Crippen LogP contribution in [0.5, 0.6) is 0 Å². The Kier molecular flexibility index (Phi) is 7.26. The van der Waals surface area contributed by atoms with Gasteiger partial charge in [-0.3, -0.25) is 4.79 Å². The van der Waals surface area contributed by atoms with E-state index in [4.69, 9.17) is 39.9 Å². The Bertz CT molecular complexity index is 1310. The van der Waals surface area contributed by atoms with Gasteiger partial charge in [-0.05, 0) is 112 Å². The van der Waals surface area contributed by atoms with Crippen LogP contribution >= 0.6 is 34.8 Å². The second-order valence-electron chi connectivity index (χ2n) is 12.0. The van der Waals surface area contributed by atoms with Crippen LogP contribution in [-0.2, 0) is 0 Å². The highest BCUT2D eigenvalue weighted by atomic mass is 35.5. The summed E-state index contributed by atoms with van der Waals surface area (Å²) in [6.45, 7) is 2.59. The number of carbonyl (C=O) groups is 1. The Morgan fingerprint density at radius 3 is 2.21 bits per heavy atom. The van der Waals surface area contributed by atoms with Crippen LogP contribution in [0.2, 0.25) is 15.1 Å². The first-order valence-corrected chi connectivity index (χ1v) is 15.0. The molecular weight excluding hydrogens is 537 g/mol. The van der Waals surface area contributed by atoms with Gasteiger partial charge in [0.1, 0.15) is 0 Å². The van der Waals surface area contributed by atoms with E-state index in [1.165, 1.54) is 51.4 Å². The molecule has 1 aromatic heterocycles. The third-order valence-electron chi connectivity index (χ3n) is 9.18. The fourth-order valence-electron chi connectivity index (χ4n) is 7.99. The number of carbonyl (C=O) groups excluding carboxylic acids is 1. The Labute approximate surface area is 240 Å². The summed E-state index contributed by atoms with van der Waals surface area (Å²) in [5.74, 6) is 2.81. The Balaban J connectivity index is 1.15. The molecule has 0 radical (unpaired) electrons. The Morgan fingerprint density at radius 2 is 1.58 bits per heavy atom. The maximum absolute atomic E-state index is 13.3. The summed E-state index contributed by atoms with van der Waals surface area (Å²) in [5, 5.41) is 9.53. The zero-order valence-corrected chi connectivity index (χ0v) is 24.0. The molecule has 0 saturated heterocycles. The summed E-state index contributed by atoms with van der Waals surface area (Å²) in [4.78, 5) is 13.3. The normalized spacial score (nSPS) is 25.6. The van der Waals surface area contributed by atoms with E-state index in [9.17, 15) is 4.79 Å². The number of halogens is 3. The van der Waals surface area contributed by atoms with Crippen molar-refractivity contribution in [2.75, 3.05) is 6.54 Å². The average molecular weight is 571 g/mol. The molecule has 1 amide bonds. The molecule has 0 unspecified atom stereocenters. The molecule has 38 heavy (non-hydrogen) atoms. The van der Waals surface area contributed by atoms with E-state index in [1.807, 2.05) is 37.3 Å². The average Bonchev–Trinajstić information content (AvgIpc) is 3.20. The standard InChI is InChI=1S/C31H34Cl3N3O/c1-19-28(30(38)35-11-3-2-10-31-16-20-12-21(17-31)14-22(13-20)18-31)36-37(27-9-8-25(33)15-26(27)34)29(19)23-4-6-24(32)7-5-23/h4-9,15,20-22H,2-3,10-14,16-18H2,1H3,(H,35,38). The van der Waals surface area contributed by atoms with Gasteiger partial charge in [0.2, 0.25) is 0 Å². The minimum atomic E-state index is -0.156. The van der Waals surface area contributed by atoms with Gasteiger partial charge in [0, 0.05) is 27.7 Å². The lowest BCUT2D eigenvalue weighted by atomic mass is 9.48. The van der Waals surface area contributed by atoms with Crippen molar-refractivity contribution in [3.8, 4) is 16.9 Å². The van der Waals surface area contributed by atoms with Crippen molar-refractivity contribution in [2.45, 2.75) is 64.7 Å². The molecule has 0 atom stereocenters. The third-order valence-corrected chi connectivity index (χ3v) is 9.97. The molecule has 4 aliphatic rings. The number of benzene rings is 2. The van der Waals surface area contributed by atoms with E-state index < -0.39 is 0 Å². The van der Waals surface area contributed by atoms with Crippen molar-refractivity contribution in [2.24, 2.45) is 23.2 Å². The first-order chi connectivity index (χ1) is 18.3. The van der Waals surface area contributed by atoms with Gasteiger partial charge in [-0.15, -0.1) is 0 Å². The van der Waals surface area contributed by atoms with Gasteiger partial charge < -0.3 is 5.32 Å². The number of amides is 1. The summed E-state index contributed by atoms with van der Waals surface area (Å²) in [7, 11) is 0. The molecule has 200 valence electrons. The lowest BCUT2D eigenvalue weighted by molar-refractivity contribution is -0.0582. The van der Waals surface area contributed by atoms with Crippen LogP contribution in [0.3, 0.4) is 0 Å². The van der Waals surface area contributed by atoms with Crippen LogP contribution in [0, 0.1) is 30.1 Å². The zero-order chi connectivity index (χ0) is 26.4. The van der Waals surface area contributed by atoms with Crippen LogP contribution in [0.1, 0.15) is 73.8 Å². The molecule has 1 N–H and O–H groups in total. The molecule has 1 heterocycles. The number of rotatable bonds is 8. The molecule has 7 rings (SSSR count). The minimum absolute atomic E-state index is 0.156. The van der Waals surface area contributed by atoms with E-state index in [1.54, 1.807) is 16.8 Å². The highest BCUT2D eigenvalue weighted by Crippen LogP contribution is 2.61. The molecule has 0 spiro atoms. The molecule has 2 aromatic carbocycles. The minimum Gasteiger partial charge on any atom is -0.351 e. The van der Waals surface area contributed by atoms with Crippen LogP contribution in [0.15, 0.2) is 42.5 Å². The van der Waals surface area contributed by atoms with E-state index >= 15 is 0 Å². The molecular formula is C31H34Cl3N3O. The molecule has 0 aliphatic heterocycles. The predicted molar refractivity (Wildman–Crippen MR) is 156 cm³/mol. The van der Waals surface area contributed by atoms with Crippen molar-refractivity contribution < 1.29 is 4.79 Å². The number of unbranched alkanes of at least 4 members (excludes halogenated alkanes) is 1. The number of nitrogens with one attached hydrogen (secondary N) is 1. The number of hydrogen-bond donors (Lipinski definition) is 1. The van der Waals surface area contributed by atoms with Crippen molar-refractivity contribution in [3.05, 3.63) is 68.8 Å². The maximum Gasteiger partial charge on any atom is 0.272 e. The molecule has 4 saturated carbocycles. The fourth-order valence-corrected chi connectivity index (χ4v) is 8.61. The topological polar surface area (TPSA) is 46.9 Å². The SMILES string of the molecule is Cc1c(C(=O)NCCCCC23CC4CC(CC(C4)C2)C3)nn(-c2ccc(Cl)cc2Cl)c1-c1ccc(Cl)cc1. The zero-order valence-electron chi connectivity index (χ0n) is 21.8. The van der Waals surface area contributed by atoms with Crippen LogP contribution in [-0.4, -0.2) is 22.2 Å². The second-order valence-corrected chi connectivity index (χ2v) is 13.2. The van der Waals surface area contributed by atoms with Crippen molar-refractivity contribution in [3.63, 3.8) is 0 Å². The molecule has 3 aromatic rings. The highest BCUT2D eigenvalue weighted by molar-refractivity contribution is 6.35. The second kappa shape index (κ2) is 10.5. The van der Waals surface area contributed by atoms with Gasteiger partial charge in [0.05, 0.1) is 16.4 Å². The van der Waals surface area contributed by atoms with Crippen LogP contribution in [0.25, 0.3) is 16.9 Å². The quantitative estimate of drug-likeness (QED) is 0.275. The Hall–Kier alpha value is -2.01. The smallest absolute Gasteiger partial charge is 0.272 e. The van der Waals surface area contributed by atoms with Gasteiger partial charge in [-0.25, -0.2) is 4.68 Å². The Morgan fingerprint density at radius 1 is 0.947 bits per heavy atom. The number of nitrogens with zero attached hydrogens (tertiary/aromatic N) is 2. The van der Waals surface area contributed by atoms with Crippen LogP contribution < -0.4 is 5.32 Å². The van der Waals surface area contributed by atoms with Gasteiger partial charge in [-0.1, -0.05) is 53.4 Å². The summed E-state index contributed by atoms with van der Waals surface area (Å²) >= 11 is 18.8. The van der Waals surface area contributed by atoms with Crippen molar-refractivity contribution in [1.29, 1.82) is 0 Å². The fraction of sp³-hybridized carbons (Fsp3) is 0.484. The monoisotopic (exact) mass is 569 g/mol. The third kappa shape index (κ3) is 5.12. The van der Waals surface area contributed by atoms with Gasteiger partial charge in [-0.2, -0.15) is 5.10 Å². The first kappa shape index (κ1) is 26.2. The predicted octanol–water partition coefficient (Wildman–Crippen LogP) is 8.92. The lowest BCUT2D eigenvalue weighted by Crippen LogP contribution is -2.46. The first-order valence-electron chi connectivity index (χ1n) is 13.9. The highest BCUT2D eigenvalue weighted by Gasteiger charge is 2.50. The molecule has 4 aliphatic carbocycles. The van der Waals surface area contributed by atoms with Gasteiger partial charge >= 0.3 is 0 Å². The molecule has 7 heteroatoms. The molecule has 4 bridgehead atoms. The van der Waals surface area contributed by atoms with E-state index in [-0.39, 0.29) is 5.91 Å². The van der Waals surface area contributed by atoms with Crippen LogP contribution in [0.4, 0.5) is 0 Å². The number of aromatic nitrogens is 2. The number of hydrogen-bond acceptors (Lipinski definition) is 2.